The first-order valence-corrected chi connectivity index (χ1v) is 6.03. The van der Waals surface area contributed by atoms with Gasteiger partial charge in [-0.05, 0) is 49.2 Å². The number of aromatic nitrogens is 1. The highest BCUT2D eigenvalue weighted by Gasteiger charge is 2.07. The minimum Gasteiger partial charge on any atom is -0.352 e. The van der Waals surface area contributed by atoms with Gasteiger partial charge in [-0.1, -0.05) is 12.1 Å². The maximum atomic E-state index is 13.2. The van der Waals surface area contributed by atoms with Gasteiger partial charge in [0.15, 0.2) is 0 Å². The second-order valence-corrected chi connectivity index (χ2v) is 4.57. The first kappa shape index (κ1) is 13.1. The van der Waals surface area contributed by atoms with Crippen molar-refractivity contribution in [3.63, 3.8) is 0 Å². The van der Waals surface area contributed by atoms with Crippen molar-refractivity contribution in [2.75, 3.05) is 0 Å². The molecule has 2 nitrogen and oxygen atoms in total. The highest BCUT2D eigenvalue weighted by Crippen LogP contribution is 2.22. The summed E-state index contributed by atoms with van der Waals surface area (Å²) in [6.45, 7) is 4.01. The lowest BCUT2D eigenvalue weighted by atomic mass is 10.0. The average molecular weight is 254 g/mol. The molecule has 0 unspecified atom stereocenters. The van der Waals surface area contributed by atoms with E-state index in [1.54, 1.807) is 18.2 Å². The van der Waals surface area contributed by atoms with E-state index >= 15 is 0 Å². The van der Waals surface area contributed by atoms with E-state index in [1.807, 2.05) is 27.0 Å². The molecule has 96 valence electrons. The van der Waals surface area contributed by atoms with Crippen molar-refractivity contribution in [3.8, 4) is 6.07 Å². The molecule has 2 rings (SSSR count). The van der Waals surface area contributed by atoms with Crippen LogP contribution in [0.15, 0.2) is 30.3 Å². The van der Waals surface area contributed by atoms with Crippen LogP contribution >= 0.6 is 0 Å². The minimum atomic E-state index is -0.334. The molecule has 0 aliphatic carbocycles. The number of aryl methyl sites for hydroxylation is 1. The number of halogens is 1. The third-order valence-corrected chi connectivity index (χ3v) is 3.37. The molecule has 0 aliphatic heterocycles. The Labute approximate surface area is 112 Å². The van der Waals surface area contributed by atoms with Crippen LogP contribution in [0.2, 0.25) is 0 Å². The summed E-state index contributed by atoms with van der Waals surface area (Å²) < 4.78 is 15.3. The maximum absolute atomic E-state index is 13.2. The summed E-state index contributed by atoms with van der Waals surface area (Å²) in [7, 11) is 1.98. The first-order chi connectivity index (χ1) is 9.02. The number of rotatable bonds is 2. The largest absolute Gasteiger partial charge is 0.352 e. The van der Waals surface area contributed by atoms with Crippen molar-refractivity contribution in [1.29, 1.82) is 5.26 Å². The SMILES string of the molecule is Cc1cc(C=C(C#N)c2cccc(F)c2)c(C)n1C. The van der Waals surface area contributed by atoms with Crippen LogP contribution in [0.1, 0.15) is 22.5 Å². The molecule has 0 saturated heterocycles. The summed E-state index contributed by atoms with van der Waals surface area (Å²) in [6, 6.07) is 10.3. The summed E-state index contributed by atoms with van der Waals surface area (Å²) in [4.78, 5) is 0. The van der Waals surface area contributed by atoms with Crippen LogP contribution in [0.5, 0.6) is 0 Å². The molecule has 0 spiro atoms. The predicted octanol–water partition coefficient (Wildman–Crippen LogP) is 3.85. The fraction of sp³-hybridized carbons (Fsp3) is 0.188. The molecule has 1 aromatic heterocycles. The van der Waals surface area contributed by atoms with Crippen LogP contribution in [0.25, 0.3) is 11.6 Å². The second kappa shape index (κ2) is 5.11. The molecule has 0 N–H and O–H groups in total. The number of hydrogen-bond donors (Lipinski definition) is 0. The Morgan fingerprint density at radius 3 is 2.58 bits per heavy atom. The van der Waals surface area contributed by atoms with Crippen LogP contribution in [0.4, 0.5) is 4.39 Å². The maximum Gasteiger partial charge on any atom is 0.123 e. The molecule has 0 aliphatic rings. The molecule has 0 atom stereocenters. The number of hydrogen-bond acceptors (Lipinski definition) is 1. The van der Waals surface area contributed by atoms with Crippen LogP contribution in [-0.2, 0) is 7.05 Å². The highest BCUT2D eigenvalue weighted by atomic mass is 19.1. The van der Waals surface area contributed by atoms with Gasteiger partial charge in [-0.15, -0.1) is 0 Å². The third-order valence-electron chi connectivity index (χ3n) is 3.37. The van der Waals surface area contributed by atoms with Crippen LogP contribution < -0.4 is 0 Å². The molecule has 19 heavy (non-hydrogen) atoms. The number of benzene rings is 1. The molecule has 3 heteroatoms. The minimum absolute atomic E-state index is 0.334. The molecule has 1 heterocycles. The van der Waals surface area contributed by atoms with Gasteiger partial charge in [-0.25, -0.2) is 4.39 Å². The smallest absolute Gasteiger partial charge is 0.123 e. The van der Waals surface area contributed by atoms with Crippen LogP contribution in [0.3, 0.4) is 0 Å². The molecule has 0 amide bonds. The number of nitrogens with zero attached hydrogens (tertiary/aromatic N) is 2. The fourth-order valence-corrected chi connectivity index (χ4v) is 2.02. The predicted molar refractivity (Wildman–Crippen MR) is 74.8 cm³/mol. The average Bonchev–Trinajstić information content (AvgIpc) is 2.63. The van der Waals surface area contributed by atoms with Gasteiger partial charge < -0.3 is 4.57 Å². The van der Waals surface area contributed by atoms with Gasteiger partial charge in [-0.3, -0.25) is 0 Å². The van der Waals surface area contributed by atoms with Gasteiger partial charge in [0, 0.05) is 18.4 Å². The quantitative estimate of drug-likeness (QED) is 0.748. The van der Waals surface area contributed by atoms with E-state index in [9.17, 15) is 9.65 Å². The van der Waals surface area contributed by atoms with Crippen molar-refractivity contribution in [3.05, 3.63) is 58.7 Å². The van der Waals surface area contributed by atoms with E-state index in [-0.39, 0.29) is 5.82 Å². The number of nitriles is 1. The van der Waals surface area contributed by atoms with E-state index in [2.05, 4.69) is 10.6 Å². The van der Waals surface area contributed by atoms with Crippen LogP contribution in [0, 0.1) is 31.0 Å². The Kier molecular flexibility index (Phi) is 3.52. The monoisotopic (exact) mass is 254 g/mol. The Morgan fingerprint density at radius 2 is 2.05 bits per heavy atom. The Morgan fingerprint density at radius 1 is 1.32 bits per heavy atom. The fourth-order valence-electron chi connectivity index (χ4n) is 2.02. The summed E-state index contributed by atoms with van der Waals surface area (Å²) in [5, 5.41) is 9.25. The van der Waals surface area contributed by atoms with Gasteiger partial charge in [0.25, 0.3) is 0 Å². The molecular weight excluding hydrogens is 239 g/mol. The third kappa shape index (κ3) is 2.58. The normalized spacial score (nSPS) is 11.4. The van der Waals surface area contributed by atoms with E-state index in [1.165, 1.54) is 12.1 Å². The zero-order chi connectivity index (χ0) is 14.0. The molecule has 0 bridgehead atoms. The van der Waals surface area contributed by atoms with E-state index < -0.39 is 0 Å². The second-order valence-electron chi connectivity index (χ2n) is 4.57. The first-order valence-electron chi connectivity index (χ1n) is 6.03. The molecule has 0 saturated carbocycles. The van der Waals surface area contributed by atoms with E-state index in [0.29, 0.717) is 11.1 Å². The lowest BCUT2D eigenvalue weighted by molar-refractivity contribution is 0.627. The Balaban J connectivity index is 2.51. The zero-order valence-electron chi connectivity index (χ0n) is 11.2. The summed E-state index contributed by atoms with van der Waals surface area (Å²) in [5.41, 5.74) is 4.26. The standard InChI is InChI=1S/C16H15FN2/c1-11-7-14(12(2)19(11)3)8-15(10-18)13-5-4-6-16(17)9-13/h4-9H,1-3H3. The summed E-state index contributed by atoms with van der Waals surface area (Å²) in [6.07, 6.45) is 1.80. The summed E-state index contributed by atoms with van der Waals surface area (Å²) >= 11 is 0. The Hall–Kier alpha value is -2.34. The van der Waals surface area contributed by atoms with Crippen LogP contribution in [-0.4, -0.2) is 4.57 Å². The molecule has 2 aromatic rings. The molecular formula is C16H15FN2. The Bertz CT molecular complexity index is 687. The van der Waals surface area contributed by atoms with Crippen molar-refractivity contribution < 1.29 is 4.39 Å². The van der Waals surface area contributed by atoms with Gasteiger partial charge in [0.1, 0.15) is 5.82 Å². The van der Waals surface area contributed by atoms with Gasteiger partial charge in [-0.2, -0.15) is 5.26 Å². The van der Waals surface area contributed by atoms with Crippen molar-refractivity contribution in [1.82, 2.24) is 4.57 Å². The van der Waals surface area contributed by atoms with Gasteiger partial charge in [0.05, 0.1) is 11.6 Å². The summed E-state index contributed by atoms with van der Waals surface area (Å²) in [5.74, 6) is -0.334. The molecule has 0 fully saturated rings. The van der Waals surface area contributed by atoms with E-state index in [0.717, 1.165) is 17.0 Å². The van der Waals surface area contributed by atoms with Crippen molar-refractivity contribution in [2.24, 2.45) is 7.05 Å². The molecule has 1 aromatic carbocycles. The topological polar surface area (TPSA) is 28.7 Å². The molecule has 0 radical (unpaired) electrons. The lowest BCUT2D eigenvalue weighted by Crippen LogP contribution is -1.93. The van der Waals surface area contributed by atoms with Crippen molar-refractivity contribution >= 4 is 11.6 Å². The van der Waals surface area contributed by atoms with E-state index in [4.69, 9.17) is 0 Å². The van der Waals surface area contributed by atoms with Crippen molar-refractivity contribution in [2.45, 2.75) is 13.8 Å². The zero-order valence-corrected chi connectivity index (χ0v) is 11.2. The highest BCUT2D eigenvalue weighted by molar-refractivity contribution is 5.90. The van der Waals surface area contributed by atoms with Gasteiger partial charge in [0.2, 0.25) is 0 Å². The lowest BCUT2D eigenvalue weighted by Gasteiger charge is -2.01. The number of allylic oxidation sites excluding steroid dienone is 1. The van der Waals surface area contributed by atoms with Gasteiger partial charge >= 0.3 is 0 Å².